The normalized spacial score (nSPS) is 22.5. The molecule has 21 heavy (non-hydrogen) atoms. The van der Waals surface area contributed by atoms with Gasteiger partial charge in [0.05, 0.1) is 18.2 Å². The molecule has 1 fully saturated rings. The fourth-order valence-electron chi connectivity index (χ4n) is 3.48. The summed E-state index contributed by atoms with van der Waals surface area (Å²) in [5.41, 5.74) is 1.26. The van der Waals surface area contributed by atoms with E-state index in [-0.39, 0.29) is 11.3 Å². The Morgan fingerprint density at radius 2 is 2.05 bits per heavy atom. The summed E-state index contributed by atoms with van der Waals surface area (Å²) in [6.07, 6.45) is 5.13. The summed E-state index contributed by atoms with van der Waals surface area (Å²) in [7, 11) is 0. The minimum Gasteiger partial charge on any atom is -0.491 e. The molecule has 1 atom stereocenters. The minimum atomic E-state index is -0.529. The lowest BCUT2D eigenvalue weighted by atomic mass is 9.70. The van der Waals surface area contributed by atoms with E-state index in [0.717, 1.165) is 18.4 Å². The molecule has 1 saturated carbocycles. The highest BCUT2D eigenvalue weighted by Gasteiger charge is 2.35. The highest BCUT2D eigenvalue weighted by molar-refractivity contribution is 5.97. The van der Waals surface area contributed by atoms with E-state index < -0.39 is 6.10 Å². The molecule has 3 rings (SSSR count). The Labute approximate surface area is 125 Å². The average Bonchev–Trinajstić information content (AvgIpc) is 2.69. The molecule has 1 unspecified atom stereocenters. The maximum Gasteiger partial charge on any atom is 0.255 e. The van der Waals surface area contributed by atoms with Gasteiger partial charge in [-0.3, -0.25) is 4.79 Å². The van der Waals surface area contributed by atoms with E-state index in [1.54, 1.807) is 6.07 Å². The number of benzene rings is 1. The SMILES string of the molecule is CC1(C(O)c2ccc3c(c2)C(=O)NCCO3)CCCCC1. The smallest absolute Gasteiger partial charge is 0.255 e. The number of ether oxygens (including phenoxy) is 1. The zero-order valence-corrected chi connectivity index (χ0v) is 12.5. The number of aliphatic hydroxyl groups excluding tert-OH is 1. The minimum absolute atomic E-state index is 0.0887. The van der Waals surface area contributed by atoms with Gasteiger partial charge in [-0.05, 0) is 36.0 Å². The summed E-state index contributed by atoms with van der Waals surface area (Å²) in [6, 6.07) is 5.49. The van der Waals surface area contributed by atoms with Crippen LogP contribution >= 0.6 is 0 Å². The van der Waals surface area contributed by atoms with Crippen LogP contribution in [-0.4, -0.2) is 24.2 Å². The molecule has 4 heteroatoms. The standard InChI is InChI=1S/C17H23NO3/c1-17(7-3-2-4-8-17)15(19)12-5-6-14-13(11-12)16(20)18-9-10-21-14/h5-6,11,15,19H,2-4,7-10H2,1H3,(H,18,20). The number of fused-ring (bicyclic) bond motifs is 1. The van der Waals surface area contributed by atoms with Crippen molar-refractivity contribution in [1.29, 1.82) is 0 Å². The third-order valence-electron chi connectivity index (χ3n) is 4.87. The molecule has 2 aliphatic rings. The molecule has 4 nitrogen and oxygen atoms in total. The van der Waals surface area contributed by atoms with Crippen molar-refractivity contribution in [2.24, 2.45) is 5.41 Å². The highest BCUT2D eigenvalue weighted by Crippen LogP contribution is 2.46. The van der Waals surface area contributed by atoms with Crippen LogP contribution in [0.15, 0.2) is 18.2 Å². The van der Waals surface area contributed by atoms with Crippen molar-refractivity contribution in [1.82, 2.24) is 5.32 Å². The molecule has 0 saturated heterocycles. The molecule has 0 spiro atoms. The van der Waals surface area contributed by atoms with Gasteiger partial charge in [0.2, 0.25) is 0 Å². The van der Waals surface area contributed by atoms with Gasteiger partial charge in [0, 0.05) is 0 Å². The number of carbonyl (C=O) groups excluding carboxylic acids is 1. The van der Waals surface area contributed by atoms with Crippen molar-refractivity contribution in [3.8, 4) is 5.75 Å². The number of amides is 1. The third kappa shape index (κ3) is 2.77. The molecular weight excluding hydrogens is 266 g/mol. The van der Waals surface area contributed by atoms with Gasteiger partial charge in [-0.15, -0.1) is 0 Å². The predicted molar refractivity (Wildman–Crippen MR) is 80.4 cm³/mol. The van der Waals surface area contributed by atoms with E-state index in [2.05, 4.69) is 12.2 Å². The number of carbonyl (C=O) groups is 1. The maximum absolute atomic E-state index is 12.1. The Morgan fingerprint density at radius 1 is 1.29 bits per heavy atom. The Kier molecular flexibility index (Phi) is 3.89. The Bertz CT molecular complexity index is 535. The molecule has 0 radical (unpaired) electrons. The molecule has 2 N–H and O–H groups in total. The van der Waals surface area contributed by atoms with Crippen LogP contribution in [0, 0.1) is 5.41 Å². The highest BCUT2D eigenvalue weighted by atomic mass is 16.5. The lowest BCUT2D eigenvalue weighted by Gasteiger charge is -2.38. The van der Waals surface area contributed by atoms with Gasteiger partial charge in [-0.25, -0.2) is 0 Å². The van der Waals surface area contributed by atoms with Crippen LogP contribution < -0.4 is 10.1 Å². The zero-order valence-electron chi connectivity index (χ0n) is 12.5. The summed E-state index contributed by atoms with van der Waals surface area (Å²) in [6.45, 7) is 3.15. The van der Waals surface area contributed by atoms with Crippen molar-refractivity contribution in [3.05, 3.63) is 29.3 Å². The van der Waals surface area contributed by atoms with E-state index in [4.69, 9.17) is 4.74 Å². The summed E-state index contributed by atoms with van der Waals surface area (Å²) >= 11 is 0. The monoisotopic (exact) mass is 289 g/mol. The van der Waals surface area contributed by atoms with Crippen molar-refractivity contribution in [2.45, 2.75) is 45.1 Å². The first-order valence-corrected chi connectivity index (χ1v) is 7.83. The van der Waals surface area contributed by atoms with E-state index >= 15 is 0 Å². The van der Waals surface area contributed by atoms with Gasteiger partial charge in [-0.1, -0.05) is 32.3 Å². The topological polar surface area (TPSA) is 58.6 Å². The molecule has 1 amide bonds. The van der Waals surface area contributed by atoms with Crippen LogP contribution in [0.1, 0.15) is 61.1 Å². The van der Waals surface area contributed by atoms with E-state index in [1.165, 1.54) is 19.3 Å². The molecular formula is C17H23NO3. The van der Waals surface area contributed by atoms with Crippen LogP contribution in [0.4, 0.5) is 0 Å². The van der Waals surface area contributed by atoms with E-state index in [1.807, 2.05) is 12.1 Å². The summed E-state index contributed by atoms with van der Waals surface area (Å²) in [4.78, 5) is 12.1. The van der Waals surface area contributed by atoms with Crippen LogP contribution in [0.2, 0.25) is 0 Å². The summed E-state index contributed by atoms with van der Waals surface area (Å²) < 4.78 is 5.56. The van der Waals surface area contributed by atoms with Crippen molar-refractivity contribution < 1.29 is 14.6 Å². The number of hydrogen-bond donors (Lipinski definition) is 2. The van der Waals surface area contributed by atoms with Crippen LogP contribution in [-0.2, 0) is 0 Å². The Balaban J connectivity index is 1.90. The van der Waals surface area contributed by atoms with Crippen LogP contribution in [0.25, 0.3) is 0 Å². The number of rotatable bonds is 2. The second kappa shape index (κ2) is 5.68. The Hall–Kier alpha value is -1.55. The summed E-state index contributed by atoms with van der Waals surface area (Å²) in [5, 5.41) is 13.6. The van der Waals surface area contributed by atoms with Crippen LogP contribution in [0.5, 0.6) is 5.75 Å². The zero-order chi connectivity index (χ0) is 14.9. The maximum atomic E-state index is 12.1. The van der Waals surface area contributed by atoms with E-state index in [9.17, 15) is 9.90 Å². The van der Waals surface area contributed by atoms with Crippen molar-refractivity contribution in [3.63, 3.8) is 0 Å². The first-order chi connectivity index (χ1) is 10.1. The fourth-order valence-corrected chi connectivity index (χ4v) is 3.48. The van der Waals surface area contributed by atoms with Gasteiger partial charge in [0.25, 0.3) is 5.91 Å². The molecule has 0 bridgehead atoms. The molecule has 1 aliphatic heterocycles. The second-order valence-corrected chi connectivity index (χ2v) is 6.48. The van der Waals surface area contributed by atoms with Gasteiger partial charge in [0.15, 0.2) is 0 Å². The van der Waals surface area contributed by atoms with Crippen molar-refractivity contribution >= 4 is 5.91 Å². The van der Waals surface area contributed by atoms with Crippen molar-refractivity contribution in [2.75, 3.05) is 13.2 Å². The molecule has 1 aliphatic carbocycles. The van der Waals surface area contributed by atoms with Gasteiger partial charge < -0.3 is 15.2 Å². The third-order valence-corrected chi connectivity index (χ3v) is 4.87. The lowest BCUT2D eigenvalue weighted by Crippen LogP contribution is -2.28. The lowest BCUT2D eigenvalue weighted by molar-refractivity contribution is 0.00813. The van der Waals surface area contributed by atoms with Crippen LogP contribution in [0.3, 0.4) is 0 Å². The first-order valence-electron chi connectivity index (χ1n) is 7.83. The van der Waals surface area contributed by atoms with E-state index in [0.29, 0.717) is 24.5 Å². The molecule has 1 heterocycles. The average molecular weight is 289 g/mol. The molecule has 0 aromatic heterocycles. The number of nitrogens with one attached hydrogen (secondary N) is 1. The number of hydrogen-bond acceptors (Lipinski definition) is 3. The first kappa shape index (κ1) is 14.4. The number of aliphatic hydroxyl groups is 1. The largest absolute Gasteiger partial charge is 0.491 e. The van der Waals surface area contributed by atoms with Gasteiger partial charge >= 0.3 is 0 Å². The van der Waals surface area contributed by atoms with Gasteiger partial charge in [-0.2, -0.15) is 0 Å². The van der Waals surface area contributed by atoms with Gasteiger partial charge in [0.1, 0.15) is 12.4 Å². The summed E-state index contributed by atoms with van der Waals surface area (Å²) in [5.74, 6) is 0.486. The Morgan fingerprint density at radius 3 is 2.81 bits per heavy atom. The fraction of sp³-hybridized carbons (Fsp3) is 0.588. The molecule has 1 aromatic rings. The second-order valence-electron chi connectivity index (χ2n) is 6.48. The molecule has 1 aromatic carbocycles. The molecule has 114 valence electrons. The quantitative estimate of drug-likeness (QED) is 0.880. The predicted octanol–water partition coefficient (Wildman–Crippen LogP) is 2.81.